The van der Waals surface area contributed by atoms with E-state index in [1.54, 1.807) is 18.2 Å². The molecule has 0 aromatic heterocycles. The first-order valence-corrected chi connectivity index (χ1v) is 11.4. The minimum Gasteiger partial charge on any atom is -0.481 e. The molecule has 2 unspecified atom stereocenters. The molecule has 0 heterocycles. The van der Waals surface area contributed by atoms with Gasteiger partial charge >= 0.3 is 14.0 Å². The number of carboxylic acids is 1. The molecule has 7 heteroatoms. The van der Waals surface area contributed by atoms with Gasteiger partial charge in [-0.2, -0.15) is 0 Å². The van der Waals surface area contributed by atoms with Gasteiger partial charge in [0.15, 0.2) is 0 Å². The van der Waals surface area contributed by atoms with Gasteiger partial charge in [0.25, 0.3) is 0 Å². The number of halogens is 1. The molecule has 1 aliphatic carbocycles. The van der Waals surface area contributed by atoms with Gasteiger partial charge in [-0.1, -0.05) is 52.0 Å². The maximum absolute atomic E-state index is 13.4. The predicted molar refractivity (Wildman–Crippen MR) is 116 cm³/mol. The number of carboxylic acid groups (broad SMARTS) is 1. The van der Waals surface area contributed by atoms with E-state index in [1.165, 1.54) is 12.1 Å². The molecule has 2 atom stereocenters. The molecule has 0 spiro atoms. The van der Waals surface area contributed by atoms with Crippen LogP contribution in [0.2, 0.25) is 0 Å². The molecule has 2 N–H and O–H groups in total. The molecule has 30 heavy (non-hydrogen) atoms. The smallest absolute Gasteiger partial charge is 0.481 e. The highest BCUT2D eigenvalue weighted by molar-refractivity contribution is 7.39. The van der Waals surface area contributed by atoms with E-state index in [2.05, 4.69) is 27.7 Å². The summed E-state index contributed by atoms with van der Waals surface area (Å²) in [5.41, 5.74) is 3.28. The highest BCUT2D eigenvalue weighted by Gasteiger charge is 2.38. The van der Waals surface area contributed by atoms with Crippen LogP contribution in [0.5, 0.6) is 0 Å². The van der Waals surface area contributed by atoms with E-state index in [9.17, 15) is 18.9 Å². The molecule has 0 radical (unpaired) electrons. The molecular formula is C23H31FO5P+. The first kappa shape index (κ1) is 24.4. The highest BCUT2D eigenvalue weighted by Crippen LogP contribution is 2.52. The minimum absolute atomic E-state index is 0.0919. The molecule has 164 valence electrons. The summed E-state index contributed by atoms with van der Waals surface area (Å²) >= 11 is 0. The third kappa shape index (κ3) is 7.12. The summed E-state index contributed by atoms with van der Waals surface area (Å²) in [6.07, 6.45) is 3.75. The van der Waals surface area contributed by atoms with Crippen LogP contribution in [0.4, 0.5) is 4.39 Å². The Kier molecular flexibility index (Phi) is 8.09. The van der Waals surface area contributed by atoms with Crippen molar-refractivity contribution >= 4 is 19.6 Å². The van der Waals surface area contributed by atoms with Gasteiger partial charge in [0.05, 0.1) is 6.42 Å². The fourth-order valence-electron chi connectivity index (χ4n) is 4.35. The van der Waals surface area contributed by atoms with Gasteiger partial charge in [-0.25, -0.2) is 4.39 Å². The molecule has 1 aromatic rings. The first-order valence-electron chi connectivity index (χ1n) is 10.0. The van der Waals surface area contributed by atoms with Crippen molar-refractivity contribution in [2.24, 2.45) is 10.8 Å². The topological polar surface area (TPSA) is 83.8 Å². The summed E-state index contributed by atoms with van der Waals surface area (Å²) < 4.78 is 30.6. The van der Waals surface area contributed by atoms with Gasteiger partial charge in [0.2, 0.25) is 6.16 Å². The Morgan fingerprint density at radius 1 is 1.27 bits per heavy atom. The summed E-state index contributed by atoms with van der Waals surface area (Å²) in [6.45, 7) is 8.92. The van der Waals surface area contributed by atoms with Crippen molar-refractivity contribution < 1.29 is 28.5 Å². The number of aliphatic hydroxyl groups excluding tert-OH is 1. The van der Waals surface area contributed by atoms with Crippen LogP contribution in [0, 0.1) is 16.6 Å². The van der Waals surface area contributed by atoms with Crippen LogP contribution in [0.3, 0.4) is 0 Å². The quantitative estimate of drug-likeness (QED) is 0.493. The van der Waals surface area contributed by atoms with Gasteiger partial charge in [0, 0.05) is 0 Å². The summed E-state index contributed by atoms with van der Waals surface area (Å²) in [5, 5.41) is 18.2. The molecule has 1 aromatic carbocycles. The lowest BCUT2D eigenvalue weighted by Gasteiger charge is -2.43. The minimum atomic E-state index is -2.15. The van der Waals surface area contributed by atoms with Gasteiger partial charge in [-0.05, 0) is 57.1 Å². The Bertz CT molecular complexity index is 840. The van der Waals surface area contributed by atoms with Crippen LogP contribution >= 0.6 is 8.03 Å². The van der Waals surface area contributed by atoms with Gasteiger partial charge < -0.3 is 10.2 Å². The van der Waals surface area contributed by atoms with Crippen molar-refractivity contribution in [3.05, 3.63) is 53.4 Å². The van der Waals surface area contributed by atoms with Crippen LogP contribution in [0.1, 0.15) is 52.5 Å². The number of carbonyl (C=O) groups is 1. The Hall–Kier alpha value is -1.88. The second-order valence-electron chi connectivity index (χ2n) is 9.27. The maximum atomic E-state index is 13.4. The van der Waals surface area contributed by atoms with E-state index in [0.717, 1.165) is 29.6 Å². The largest absolute Gasteiger partial charge is 0.511 e. The molecule has 1 aliphatic rings. The molecule has 2 rings (SSSR count). The zero-order valence-electron chi connectivity index (χ0n) is 18.0. The van der Waals surface area contributed by atoms with Gasteiger partial charge in [0.1, 0.15) is 18.5 Å². The second-order valence-corrected chi connectivity index (χ2v) is 10.6. The highest BCUT2D eigenvalue weighted by atomic mass is 31.1. The molecular weight excluding hydrogens is 406 g/mol. The van der Waals surface area contributed by atoms with Crippen LogP contribution in [-0.2, 0) is 13.9 Å². The van der Waals surface area contributed by atoms with Crippen molar-refractivity contribution in [3.63, 3.8) is 0 Å². The van der Waals surface area contributed by atoms with Crippen LogP contribution < -0.4 is 0 Å². The summed E-state index contributed by atoms with van der Waals surface area (Å²) in [5.74, 6) is -1.42. The lowest BCUT2D eigenvalue weighted by molar-refractivity contribution is -0.138. The molecule has 0 fully saturated rings. The molecule has 0 amide bonds. The van der Waals surface area contributed by atoms with E-state index >= 15 is 0 Å². The third-order valence-corrected chi connectivity index (χ3v) is 6.35. The standard InChI is InChI=1S/C23H30FO5P/c1-22(2)13-19(16-7-9-17(24)10-8-16)20(23(3,4)15-22)6-5-11-29-30(28)14-18(25)12-21(26)27/h5-10,18,25H,11-15H2,1-4H3/p+1. The lowest BCUT2D eigenvalue weighted by atomic mass is 9.61. The monoisotopic (exact) mass is 437 g/mol. The molecule has 0 saturated heterocycles. The Morgan fingerprint density at radius 3 is 2.50 bits per heavy atom. The Labute approximate surface area is 178 Å². The zero-order chi connectivity index (χ0) is 22.5. The number of hydrogen-bond donors (Lipinski definition) is 2. The fourth-order valence-corrected chi connectivity index (χ4v) is 5.19. The van der Waals surface area contributed by atoms with Crippen LogP contribution in [-0.4, -0.2) is 35.1 Å². The van der Waals surface area contributed by atoms with Gasteiger partial charge in [-0.15, -0.1) is 4.52 Å². The summed E-state index contributed by atoms with van der Waals surface area (Å²) in [4.78, 5) is 10.6. The van der Waals surface area contributed by atoms with Crippen molar-refractivity contribution in [1.29, 1.82) is 0 Å². The van der Waals surface area contributed by atoms with E-state index in [0.29, 0.717) is 0 Å². The van der Waals surface area contributed by atoms with E-state index < -0.39 is 26.5 Å². The average Bonchev–Trinajstić information content (AvgIpc) is 2.58. The number of aliphatic hydroxyl groups is 1. The molecule has 5 nitrogen and oxygen atoms in total. The second kappa shape index (κ2) is 9.95. The molecule has 0 saturated carbocycles. The third-order valence-electron chi connectivity index (χ3n) is 5.19. The van der Waals surface area contributed by atoms with Crippen LogP contribution in [0.15, 0.2) is 42.0 Å². The van der Waals surface area contributed by atoms with E-state index in [1.807, 2.05) is 6.08 Å². The Balaban J connectivity index is 2.16. The fraction of sp³-hybridized carbons (Fsp3) is 0.522. The number of aliphatic carboxylic acids is 1. The number of hydrogen-bond acceptors (Lipinski definition) is 4. The summed E-state index contributed by atoms with van der Waals surface area (Å²) in [7, 11) is -2.15. The number of benzene rings is 1. The lowest BCUT2D eigenvalue weighted by Crippen LogP contribution is -2.30. The normalized spacial score (nSPS) is 19.7. The van der Waals surface area contributed by atoms with Crippen molar-refractivity contribution in [1.82, 2.24) is 0 Å². The van der Waals surface area contributed by atoms with Crippen molar-refractivity contribution in [3.8, 4) is 0 Å². The number of rotatable bonds is 9. The zero-order valence-corrected chi connectivity index (χ0v) is 18.9. The maximum Gasteiger partial charge on any atom is 0.511 e. The Morgan fingerprint density at radius 2 is 1.90 bits per heavy atom. The predicted octanol–water partition coefficient (Wildman–Crippen LogP) is 5.58. The molecule has 0 aliphatic heterocycles. The van der Waals surface area contributed by atoms with E-state index in [-0.39, 0.29) is 29.4 Å². The van der Waals surface area contributed by atoms with Gasteiger partial charge in [-0.3, -0.25) is 4.79 Å². The van der Waals surface area contributed by atoms with E-state index in [4.69, 9.17) is 9.63 Å². The molecule has 0 bridgehead atoms. The average molecular weight is 437 g/mol. The first-order chi connectivity index (χ1) is 13.9. The van der Waals surface area contributed by atoms with Crippen LogP contribution in [0.25, 0.3) is 5.57 Å². The SMILES string of the molecule is CC1(C)CC(c2ccc(F)cc2)=C(C=CCO[P+](=O)CC(O)CC(=O)O)C(C)(C)C1. The number of allylic oxidation sites excluding steroid dienone is 3. The van der Waals surface area contributed by atoms with Crippen molar-refractivity contribution in [2.45, 2.75) is 53.1 Å². The summed E-state index contributed by atoms with van der Waals surface area (Å²) in [6, 6.07) is 6.53. The van der Waals surface area contributed by atoms with Crippen molar-refractivity contribution in [2.75, 3.05) is 12.8 Å².